The molecule has 0 saturated carbocycles. The molecule has 4 aromatic carbocycles. The molecule has 1 aliphatic rings. The molecule has 0 saturated heterocycles. The number of methoxy groups -OCH3 is 1. The minimum Gasteiger partial charge on any atom is -0.490 e. The summed E-state index contributed by atoms with van der Waals surface area (Å²) in [6.45, 7) is 8.05. The van der Waals surface area contributed by atoms with Gasteiger partial charge in [-0.1, -0.05) is 59.9 Å². The number of fused-ring (bicyclic) bond motifs is 2. The highest BCUT2D eigenvalue weighted by Crippen LogP contribution is 2.37. The van der Waals surface area contributed by atoms with Crippen molar-refractivity contribution in [1.82, 2.24) is 4.57 Å². The molecule has 0 spiro atoms. The Hall–Kier alpha value is -5.88. The highest BCUT2D eigenvalue weighted by atomic mass is 32.1. The summed E-state index contributed by atoms with van der Waals surface area (Å²) in [7, 11) is 1.27. The van der Waals surface area contributed by atoms with Crippen molar-refractivity contribution in [2.24, 2.45) is 4.99 Å². The van der Waals surface area contributed by atoms with Gasteiger partial charge in [0.1, 0.15) is 6.61 Å². The second-order valence-corrected chi connectivity index (χ2v) is 12.9. The molecule has 12 heteroatoms. The van der Waals surface area contributed by atoms with Gasteiger partial charge in [-0.25, -0.2) is 14.6 Å². The summed E-state index contributed by atoms with van der Waals surface area (Å²) in [6, 6.07) is 24.1. The van der Waals surface area contributed by atoms with Gasteiger partial charge in [0.15, 0.2) is 34.4 Å². The Morgan fingerprint density at radius 3 is 2.26 bits per heavy atom. The number of hydrogen-bond acceptors (Lipinski definition) is 11. The van der Waals surface area contributed by atoms with E-state index in [-0.39, 0.29) is 24.3 Å². The van der Waals surface area contributed by atoms with Crippen LogP contribution >= 0.6 is 11.3 Å². The van der Waals surface area contributed by atoms with Gasteiger partial charge in [-0.15, -0.1) is 0 Å². The molecule has 0 N–H and O–H groups in total. The van der Waals surface area contributed by atoms with Crippen molar-refractivity contribution in [1.29, 1.82) is 0 Å². The van der Waals surface area contributed by atoms with Gasteiger partial charge >= 0.3 is 11.9 Å². The first-order valence-corrected chi connectivity index (χ1v) is 18.1. The normalized spacial score (nSPS) is 14.0. The van der Waals surface area contributed by atoms with Crippen LogP contribution in [0.2, 0.25) is 0 Å². The van der Waals surface area contributed by atoms with Crippen LogP contribution in [0.15, 0.2) is 99.9 Å². The van der Waals surface area contributed by atoms with Gasteiger partial charge in [0, 0.05) is 0 Å². The zero-order valence-corrected chi connectivity index (χ0v) is 31.0. The van der Waals surface area contributed by atoms with Crippen molar-refractivity contribution < 1.29 is 38.0 Å². The van der Waals surface area contributed by atoms with Crippen molar-refractivity contribution >= 4 is 40.1 Å². The van der Waals surface area contributed by atoms with E-state index in [1.165, 1.54) is 23.0 Å². The molecule has 274 valence electrons. The first-order valence-electron chi connectivity index (χ1n) is 17.3. The molecule has 0 bridgehead atoms. The first-order chi connectivity index (χ1) is 25.7. The molecule has 0 unspecified atom stereocenters. The van der Waals surface area contributed by atoms with Gasteiger partial charge in [-0.2, -0.15) is 0 Å². The van der Waals surface area contributed by atoms with Crippen LogP contribution in [0.5, 0.6) is 23.0 Å². The van der Waals surface area contributed by atoms with E-state index in [2.05, 4.69) is 29.3 Å². The Labute approximate surface area is 310 Å². The third-order valence-electron chi connectivity index (χ3n) is 8.45. The van der Waals surface area contributed by atoms with E-state index >= 15 is 0 Å². The number of thiazole rings is 1. The fourth-order valence-electron chi connectivity index (χ4n) is 6.03. The topological polar surface area (TPSA) is 124 Å². The van der Waals surface area contributed by atoms with Gasteiger partial charge in [0.25, 0.3) is 5.56 Å². The average Bonchev–Trinajstić information content (AvgIpc) is 3.46. The lowest BCUT2D eigenvalue weighted by atomic mass is 9.95. The number of benzene rings is 4. The van der Waals surface area contributed by atoms with Crippen molar-refractivity contribution in [3.05, 3.63) is 127 Å². The minimum atomic E-state index is -0.883. The number of carbonyl (C=O) groups is 2. The van der Waals surface area contributed by atoms with Crippen molar-refractivity contribution in [3.63, 3.8) is 0 Å². The Morgan fingerprint density at radius 1 is 0.811 bits per heavy atom. The molecule has 1 aliphatic heterocycles. The van der Waals surface area contributed by atoms with Gasteiger partial charge < -0.3 is 28.4 Å². The second-order valence-electron chi connectivity index (χ2n) is 11.9. The lowest BCUT2D eigenvalue weighted by Gasteiger charge is -2.25. The summed E-state index contributed by atoms with van der Waals surface area (Å²) in [6.07, 6.45) is 1.77. The number of ether oxygens (including phenoxy) is 6. The number of allylic oxidation sites excluding steroid dienone is 1. The Balaban J connectivity index is 1.37. The molecular formula is C41H40N2O9S. The highest BCUT2D eigenvalue weighted by molar-refractivity contribution is 7.07. The largest absolute Gasteiger partial charge is 0.490 e. The molecule has 0 amide bonds. The SMILES string of the molecule is CCOC(=O)C1=C(C)N=c2s/c(=C\c3ccc(OCc4ccc5ccccc5c4)c(OCC)c3)c(=O)n2[C@H]1c1ccc(OCC(=O)OC)c(OCC)c1. The third kappa shape index (κ3) is 8.12. The number of esters is 2. The maximum absolute atomic E-state index is 14.3. The van der Waals surface area contributed by atoms with E-state index in [0.717, 1.165) is 21.9 Å². The van der Waals surface area contributed by atoms with Gasteiger partial charge in [-0.3, -0.25) is 9.36 Å². The Bertz CT molecular complexity index is 2380. The summed E-state index contributed by atoms with van der Waals surface area (Å²) in [5.41, 5.74) is 2.63. The summed E-state index contributed by atoms with van der Waals surface area (Å²) in [5.74, 6) is 0.631. The quantitative estimate of drug-likeness (QED) is 0.129. The van der Waals surface area contributed by atoms with Crippen LogP contribution in [-0.4, -0.2) is 50.0 Å². The fourth-order valence-corrected chi connectivity index (χ4v) is 7.07. The maximum Gasteiger partial charge on any atom is 0.343 e. The zero-order valence-electron chi connectivity index (χ0n) is 30.2. The van der Waals surface area contributed by atoms with Crippen LogP contribution in [0.25, 0.3) is 16.8 Å². The molecule has 11 nitrogen and oxygen atoms in total. The standard InChI is InChI=1S/C41H40N2O9S/c1-6-48-33-20-26(14-17-31(33)51-23-27-13-15-28-11-9-10-12-29(28)19-27)21-35-39(45)43-38(37(40(46)50-8-3)25(4)42-41(43)53-35)30-16-18-32(34(22-30)49-7-2)52-24-36(44)47-5/h9-22,38H,6-8,23-24H2,1-5H3/b35-21-/t38-/m0/s1. The monoisotopic (exact) mass is 736 g/mol. The number of aromatic nitrogens is 1. The molecule has 2 heterocycles. The molecule has 1 aromatic heterocycles. The molecule has 0 radical (unpaired) electrons. The van der Waals surface area contributed by atoms with Gasteiger partial charge in [0.2, 0.25) is 0 Å². The molecule has 1 atom stereocenters. The Morgan fingerprint density at radius 2 is 1.53 bits per heavy atom. The lowest BCUT2D eigenvalue weighted by Crippen LogP contribution is -2.40. The van der Waals surface area contributed by atoms with Gasteiger partial charge in [-0.05, 0) is 91.6 Å². The molecule has 6 rings (SSSR count). The smallest absolute Gasteiger partial charge is 0.343 e. The number of hydrogen-bond donors (Lipinski definition) is 0. The summed E-state index contributed by atoms with van der Waals surface area (Å²) in [4.78, 5) is 44.6. The van der Waals surface area contributed by atoms with Crippen LogP contribution < -0.4 is 33.8 Å². The molecule has 0 aliphatic carbocycles. The number of carbonyl (C=O) groups excluding carboxylic acids is 2. The first kappa shape index (κ1) is 36.9. The summed E-state index contributed by atoms with van der Waals surface area (Å²) in [5, 5.41) is 2.30. The predicted octanol–water partition coefficient (Wildman–Crippen LogP) is 5.88. The van der Waals surface area contributed by atoms with E-state index < -0.39 is 18.0 Å². The summed E-state index contributed by atoms with van der Waals surface area (Å²) >= 11 is 1.21. The number of nitrogens with zero attached hydrogens (tertiary/aromatic N) is 2. The average molecular weight is 737 g/mol. The zero-order chi connectivity index (χ0) is 37.5. The Kier molecular flexibility index (Phi) is 11.6. The summed E-state index contributed by atoms with van der Waals surface area (Å²) < 4.78 is 35.7. The fraction of sp³-hybridized carbons (Fsp3) is 0.268. The van der Waals surface area contributed by atoms with Crippen LogP contribution in [0.3, 0.4) is 0 Å². The van der Waals surface area contributed by atoms with E-state index in [9.17, 15) is 14.4 Å². The second kappa shape index (κ2) is 16.6. The predicted molar refractivity (Wildman–Crippen MR) is 201 cm³/mol. The van der Waals surface area contributed by atoms with Crippen molar-refractivity contribution in [2.75, 3.05) is 33.5 Å². The van der Waals surface area contributed by atoms with Crippen LogP contribution in [-0.2, 0) is 25.7 Å². The third-order valence-corrected chi connectivity index (χ3v) is 9.43. The van der Waals surface area contributed by atoms with Crippen LogP contribution in [0.4, 0.5) is 0 Å². The van der Waals surface area contributed by atoms with E-state index in [1.807, 2.05) is 50.2 Å². The van der Waals surface area contributed by atoms with E-state index in [0.29, 0.717) is 63.4 Å². The van der Waals surface area contributed by atoms with Crippen molar-refractivity contribution in [2.45, 2.75) is 40.3 Å². The lowest BCUT2D eigenvalue weighted by molar-refractivity contribution is -0.143. The van der Waals surface area contributed by atoms with Crippen LogP contribution in [0.1, 0.15) is 50.4 Å². The van der Waals surface area contributed by atoms with E-state index in [4.69, 9.17) is 28.4 Å². The van der Waals surface area contributed by atoms with Crippen molar-refractivity contribution in [3.8, 4) is 23.0 Å². The maximum atomic E-state index is 14.3. The molecular weight excluding hydrogens is 697 g/mol. The minimum absolute atomic E-state index is 0.140. The van der Waals surface area contributed by atoms with Gasteiger partial charge in [0.05, 0.1) is 48.8 Å². The number of rotatable bonds is 14. The molecule has 5 aromatic rings. The van der Waals surface area contributed by atoms with Crippen LogP contribution in [0, 0.1) is 0 Å². The van der Waals surface area contributed by atoms with E-state index in [1.54, 1.807) is 38.1 Å². The molecule has 0 fully saturated rings. The molecule has 53 heavy (non-hydrogen) atoms. The highest BCUT2D eigenvalue weighted by Gasteiger charge is 2.34.